The molecule has 0 unspecified atom stereocenters. The number of ether oxygens (including phenoxy) is 2. The van der Waals surface area contributed by atoms with Gasteiger partial charge in [-0.15, -0.1) is 11.3 Å². The highest BCUT2D eigenvalue weighted by atomic mass is 32.2. The molecule has 2 heterocycles. The molecule has 2 aromatic rings. The summed E-state index contributed by atoms with van der Waals surface area (Å²) in [5.74, 6) is 0.0886. The lowest BCUT2D eigenvalue weighted by molar-refractivity contribution is -0.120. The van der Waals surface area contributed by atoms with E-state index >= 15 is 0 Å². The van der Waals surface area contributed by atoms with Crippen molar-refractivity contribution in [2.24, 2.45) is 0 Å². The number of nitrogens with one attached hydrogen (secondary N) is 3. The maximum atomic E-state index is 13.1. The lowest BCUT2D eigenvalue weighted by Crippen LogP contribution is -2.44. The minimum atomic E-state index is -3.77. The third kappa shape index (κ3) is 7.31. The molecule has 0 atom stereocenters. The summed E-state index contributed by atoms with van der Waals surface area (Å²) in [6, 6.07) is 5.21. The highest BCUT2D eigenvalue weighted by Gasteiger charge is 2.29. The van der Waals surface area contributed by atoms with Gasteiger partial charge in [0.05, 0.1) is 34.4 Å². The van der Waals surface area contributed by atoms with Gasteiger partial charge in [-0.05, 0) is 51.2 Å². The van der Waals surface area contributed by atoms with Gasteiger partial charge in [0.25, 0.3) is 0 Å². The van der Waals surface area contributed by atoms with E-state index in [0.29, 0.717) is 24.3 Å². The van der Waals surface area contributed by atoms with E-state index < -0.39 is 16.1 Å². The van der Waals surface area contributed by atoms with Crippen molar-refractivity contribution in [2.45, 2.75) is 81.9 Å². The van der Waals surface area contributed by atoms with Gasteiger partial charge in [0.1, 0.15) is 0 Å². The van der Waals surface area contributed by atoms with Gasteiger partial charge >= 0.3 is 6.09 Å². The number of hydrogen-bond acceptors (Lipinski definition) is 8. The van der Waals surface area contributed by atoms with E-state index in [9.17, 15) is 18.0 Å². The van der Waals surface area contributed by atoms with Crippen LogP contribution in [-0.2, 0) is 30.7 Å². The zero-order valence-electron chi connectivity index (χ0n) is 22.0. The van der Waals surface area contributed by atoms with Crippen LogP contribution in [0.5, 0.6) is 0 Å². The molecule has 3 N–H and O–H groups in total. The molecule has 1 aromatic carbocycles. The van der Waals surface area contributed by atoms with Crippen LogP contribution in [0.3, 0.4) is 0 Å². The molecule has 2 aliphatic rings. The Balaban J connectivity index is 1.45. The Morgan fingerprint density at radius 3 is 2.55 bits per heavy atom. The Hall–Kier alpha value is -2.54. The summed E-state index contributed by atoms with van der Waals surface area (Å²) in [7, 11) is -3.77. The van der Waals surface area contributed by atoms with Crippen LogP contribution in [-0.4, -0.2) is 63.3 Å². The number of carbonyl (C=O) groups is 2. The molecule has 0 bridgehead atoms. The Bertz CT molecular complexity index is 1230. The van der Waals surface area contributed by atoms with E-state index in [4.69, 9.17) is 9.47 Å². The average Bonchev–Trinajstić information content (AvgIpc) is 3.31. The first-order valence-electron chi connectivity index (χ1n) is 13.1. The number of sulfonamides is 1. The Morgan fingerprint density at radius 2 is 1.92 bits per heavy atom. The number of hydrogen-bond donors (Lipinski definition) is 3. The molecule has 2 fully saturated rings. The number of amides is 2. The van der Waals surface area contributed by atoms with Crippen LogP contribution in [0.4, 0.5) is 4.79 Å². The number of rotatable bonds is 10. The van der Waals surface area contributed by atoms with E-state index in [1.165, 1.54) is 11.3 Å². The van der Waals surface area contributed by atoms with E-state index in [1.54, 1.807) is 31.3 Å². The molecule has 0 radical (unpaired) electrons. The zero-order valence-corrected chi connectivity index (χ0v) is 23.6. The maximum Gasteiger partial charge on any atom is 0.407 e. The molecule has 4 rings (SSSR count). The molecule has 0 spiro atoms. The summed E-state index contributed by atoms with van der Waals surface area (Å²) in [5, 5.41) is 6.75. The van der Waals surface area contributed by atoms with Crippen molar-refractivity contribution >= 4 is 33.4 Å². The fourth-order valence-corrected chi connectivity index (χ4v) is 7.15. The molecule has 208 valence electrons. The molecule has 38 heavy (non-hydrogen) atoms. The van der Waals surface area contributed by atoms with Gasteiger partial charge in [0, 0.05) is 36.3 Å². The van der Waals surface area contributed by atoms with Crippen molar-refractivity contribution in [1.82, 2.24) is 20.3 Å². The maximum absolute atomic E-state index is 13.1. The molecule has 1 aromatic heterocycles. The fourth-order valence-electron chi connectivity index (χ4n) is 4.65. The third-order valence-electron chi connectivity index (χ3n) is 6.55. The Morgan fingerprint density at radius 1 is 1.18 bits per heavy atom. The van der Waals surface area contributed by atoms with Gasteiger partial charge in [-0.2, -0.15) is 0 Å². The predicted octanol–water partition coefficient (Wildman–Crippen LogP) is 3.33. The standard InChI is InChI=1S/C26H36N4O6S2/c1-4-28-38(33,34)23-11-17(12-24(31)29-16(2)3)5-10-21(23)22-13-27-25(37-22)18-6-8-19(9-7-18)30-26(32)36-20-14-35-15-20/h5,10-11,13,16,18-20,28H,4,6-9,12,14-15H2,1-3H3,(H,29,31)(H,30,32)/t18-,19-. The summed E-state index contributed by atoms with van der Waals surface area (Å²) in [4.78, 5) is 29.9. The van der Waals surface area contributed by atoms with Crippen LogP contribution in [0.1, 0.15) is 62.9 Å². The minimum Gasteiger partial charge on any atom is -0.441 e. The zero-order chi connectivity index (χ0) is 27.3. The molecule has 1 aliphatic heterocycles. The molecule has 2 amide bonds. The largest absolute Gasteiger partial charge is 0.441 e. The van der Waals surface area contributed by atoms with Gasteiger partial charge in [-0.1, -0.05) is 19.1 Å². The summed E-state index contributed by atoms with van der Waals surface area (Å²) in [6.07, 6.45) is 4.68. The lowest BCUT2D eigenvalue weighted by atomic mass is 9.86. The Labute approximate surface area is 228 Å². The van der Waals surface area contributed by atoms with E-state index in [-0.39, 0.29) is 47.9 Å². The second kappa shape index (κ2) is 12.5. The Kier molecular flexibility index (Phi) is 9.40. The van der Waals surface area contributed by atoms with E-state index in [1.807, 2.05) is 13.8 Å². The predicted molar refractivity (Wildman–Crippen MR) is 145 cm³/mol. The van der Waals surface area contributed by atoms with Crippen LogP contribution in [0, 0.1) is 0 Å². The van der Waals surface area contributed by atoms with Gasteiger partial charge in [-0.3, -0.25) is 4.79 Å². The van der Waals surface area contributed by atoms with E-state index in [2.05, 4.69) is 20.3 Å². The van der Waals surface area contributed by atoms with Crippen molar-refractivity contribution in [3.63, 3.8) is 0 Å². The van der Waals surface area contributed by atoms with Crippen LogP contribution in [0.15, 0.2) is 29.3 Å². The monoisotopic (exact) mass is 564 g/mol. The number of benzene rings is 1. The molecule has 1 saturated heterocycles. The van der Waals surface area contributed by atoms with Crippen LogP contribution < -0.4 is 15.4 Å². The van der Waals surface area contributed by atoms with Crippen molar-refractivity contribution in [3.8, 4) is 10.4 Å². The molecular formula is C26H36N4O6S2. The summed E-state index contributed by atoms with van der Waals surface area (Å²) >= 11 is 1.49. The fraction of sp³-hybridized carbons (Fsp3) is 0.577. The van der Waals surface area contributed by atoms with Crippen molar-refractivity contribution in [2.75, 3.05) is 19.8 Å². The van der Waals surface area contributed by atoms with Gasteiger partial charge in [0.2, 0.25) is 15.9 Å². The van der Waals surface area contributed by atoms with E-state index in [0.717, 1.165) is 35.6 Å². The van der Waals surface area contributed by atoms with Crippen molar-refractivity contribution in [1.29, 1.82) is 0 Å². The smallest absolute Gasteiger partial charge is 0.407 e. The second-order valence-electron chi connectivity index (χ2n) is 10.1. The first-order chi connectivity index (χ1) is 18.1. The number of alkyl carbamates (subject to hydrolysis) is 1. The third-order valence-corrected chi connectivity index (χ3v) is 9.33. The second-order valence-corrected chi connectivity index (χ2v) is 12.8. The highest BCUT2D eigenvalue weighted by Crippen LogP contribution is 2.39. The number of aromatic nitrogens is 1. The number of carbonyl (C=O) groups excluding carboxylic acids is 2. The van der Waals surface area contributed by atoms with Gasteiger partial charge in [-0.25, -0.2) is 22.9 Å². The lowest BCUT2D eigenvalue weighted by Gasteiger charge is -2.30. The quantitative estimate of drug-likeness (QED) is 0.403. The van der Waals surface area contributed by atoms with Gasteiger partial charge in [0.15, 0.2) is 6.10 Å². The molecule has 1 aliphatic carbocycles. The summed E-state index contributed by atoms with van der Waals surface area (Å²) in [5.41, 5.74) is 1.20. The number of thiazole rings is 1. The van der Waals surface area contributed by atoms with Crippen molar-refractivity contribution in [3.05, 3.63) is 35.0 Å². The normalized spacial score (nSPS) is 20.1. The molecule has 12 heteroatoms. The molecule has 10 nitrogen and oxygen atoms in total. The molecule has 1 saturated carbocycles. The molecular weight excluding hydrogens is 528 g/mol. The average molecular weight is 565 g/mol. The first kappa shape index (κ1) is 28.5. The summed E-state index contributed by atoms with van der Waals surface area (Å²) in [6.45, 7) is 6.67. The topological polar surface area (TPSA) is 136 Å². The van der Waals surface area contributed by atoms with Gasteiger partial charge < -0.3 is 20.1 Å². The number of nitrogens with zero attached hydrogens (tertiary/aromatic N) is 1. The van der Waals surface area contributed by atoms with Crippen LogP contribution in [0.2, 0.25) is 0 Å². The first-order valence-corrected chi connectivity index (χ1v) is 15.4. The van der Waals surface area contributed by atoms with Crippen LogP contribution >= 0.6 is 11.3 Å². The van der Waals surface area contributed by atoms with Crippen molar-refractivity contribution < 1.29 is 27.5 Å². The SMILES string of the molecule is CCNS(=O)(=O)c1cc(CC(=O)NC(C)C)ccc1-c1cnc([C@H]2CC[C@H](NC(=O)OC3COC3)CC2)s1. The van der Waals surface area contributed by atoms with Crippen LogP contribution in [0.25, 0.3) is 10.4 Å². The highest BCUT2D eigenvalue weighted by molar-refractivity contribution is 7.89. The minimum absolute atomic E-state index is 0.00412. The summed E-state index contributed by atoms with van der Waals surface area (Å²) < 4.78 is 39.1.